The van der Waals surface area contributed by atoms with Crippen LogP contribution in [-0.4, -0.2) is 81.9 Å². The van der Waals surface area contributed by atoms with E-state index in [-0.39, 0.29) is 31.1 Å². The molecule has 0 unspecified atom stereocenters. The molecule has 0 aromatic heterocycles. The standard InChI is InChI=1S/C30H45N5O9/c1-16(2)12-21(32-26(39)18(5)31-19(6)36)27(40)34-23(15-25(37)38)29(42)33-22(13-17(3)4)28(41)35-24(30(43)44)14-20-10-8-7-9-11-20/h7-11,16-18,21-24H,12-15H2,1-6H3,(H,31,36)(H,32,39)(H,33,42)(H,34,40)(H,35,41)(H,37,38)(H,43,44)/t18-,21-,22-,23-,24-/m0/s1. The van der Waals surface area contributed by atoms with E-state index in [2.05, 4.69) is 26.6 Å². The summed E-state index contributed by atoms with van der Waals surface area (Å²) >= 11 is 0. The van der Waals surface area contributed by atoms with Crippen molar-refractivity contribution in [2.75, 3.05) is 0 Å². The average molecular weight is 620 g/mol. The van der Waals surface area contributed by atoms with Gasteiger partial charge in [-0.2, -0.15) is 0 Å². The van der Waals surface area contributed by atoms with Crippen molar-refractivity contribution >= 4 is 41.5 Å². The van der Waals surface area contributed by atoms with Gasteiger partial charge in [0.1, 0.15) is 30.2 Å². The van der Waals surface area contributed by atoms with Gasteiger partial charge in [0.15, 0.2) is 0 Å². The molecule has 244 valence electrons. The van der Waals surface area contributed by atoms with Crippen molar-refractivity contribution < 1.29 is 43.8 Å². The van der Waals surface area contributed by atoms with Crippen molar-refractivity contribution in [2.45, 2.75) is 97.4 Å². The Morgan fingerprint density at radius 2 is 1.05 bits per heavy atom. The number of rotatable bonds is 18. The normalized spacial score (nSPS) is 14.4. The third kappa shape index (κ3) is 14.1. The van der Waals surface area contributed by atoms with Gasteiger partial charge in [0, 0.05) is 13.3 Å². The summed E-state index contributed by atoms with van der Waals surface area (Å²) in [4.78, 5) is 87.2. The maximum Gasteiger partial charge on any atom is 0.326 e. The molecule has 5 amide bonds. The van der Waals surface area contributed by atoms with E-state index >= 15 is 0 Å². The summed E-state index contributed by atoms with van der Waals surface area (Å²) in [6, 6.07) is 2.38. The highest BCUT2D eigenvalue weighted by Gasteiger charge is 2.33. The number of amides is 5. The van der Waals surface area contributed by atoms with Crippen molar-refractivity contribution in [3.63, 3.8) is 0 Å². The van der Waals surface area contributed by atoms with Gasteiger partial charge in [-0.05, 0) is 37.2 Å². The number of nitrogens with one attached hydrogen (secondary N) is 5. The number of carbonyl (C=O) groups is 7. The topological polar surface area (TPSA) is 220 Å². The molecular formula is C30H45N5O9. The summed E-state index contributed by atoms with van der Waals surface area (Å²) in [5, 5.41) is 31.4. The number of hydrogen-bond acceptors (Lipinski definition) is 7. The third-order valence-corrected chi connectivity index (χ3v) is 6.40. The Kier molecular flexibility index (Phi) is 15.6. The second kappa shape index (κ2) is 18.2. The average Bonchev–Trinajstić information content (AvgIpc) is 2.90. The molecule has 0 bridgehead atoms. The molecule has 5 atom stereocenters. The lowest BCUT2D eigenvalue weighted by Gasteiger charge is -2.27. The fourth-order valence-corrected chi connectivity index (χ4v) is 4.32. The van der Waals surface area contributed by atoms with Crippen molar-refractivity contribution in [3.8, 4) is 0 Å². The first-order valence-electron chi connectivity index (χ1n) is 14.5. The van der Waals surface area contributed by atoms with E-state index < -0.39 is 78.1 Å². The number of carboxylic acid groups (broad SMARTS) is 2. The lowest BCUT2D eigenvalue weighted by atomic mass is 10.00. The molecule has 0 radical (unpaired) electrons. The summed E-state index contributed by atoms with van der Waals surface area (Å²) in [6.07, 6.45) is -0.604. The van der Waals surface area contributed by atoms with Gasteiger partial charge in [0.25, 0.3) is 0 Å². The molecule has 1 aromatic carbocycles. The van der Waals surface area contributed by atoms with Crippen molar-refractivity contribution in [1.29, 1.82) is 0 Å². The van der Waals surface area contributed by atoms with E-state index in [1.54, 1.807) is 58.0 Å². The molecule has 0 aliphatic carbocycles. The lowest BCUT2D eigenvalue weighted by Crippen LogP contribution is -2.59. The molecule has 14 nitrogen and oxygen atoms in total. The minimum Gasteiger partial charge on any atom is -0.481 e. The molecule has 0 saturated carbocycles. The Balaban J connectivity index is 3.14. The quantitative estimate of drug-likeness (QED) is 0.120. The molecular weight excluding hydrogens is 574 g/mol. The zero-order chi connectivity index (χ0) is 33.6. The van der Waals surface area contributed by atoms with Crippen LogP contribution < -0.4 is 26.6 Å². The number of benzene rings is 1. The van der Waals surface area contributed by atoms with E-state index in [4.69, 9.17) is 0 Å². The minimum atomic E-state index is -1.62. The molecule has 0 saturated heterocycles. The maximum atomic E-state index is 13.3. The predicted molar refractivity (Wildman–Crippen MR) is 160 cm³/mol. The number of hydrogen-bond donors (Lipinski definition) is 7. The first-order chi connectivity index (χ1) is 20.5. The molecule has 0 heterocycles. The fraction of sp³-hybridized carbons (Fsp3) is 0.567. The van der Waals surface area contributed by atoms with Crippen LogP contribution in [0.3, 0.4) is 0 Å². The van der Waals surface area contributed by atoms with Gasteiger partial charge in [-0.25, -0.2) is 4.79 Å². The van der Waals surface area contributed by atoms with Crippen LogP contribution in [0.15, 0.2) is 30.3 Å². The Labute approximate surface area is 257 Å². The summed E-state index contributed by atoms with van der Waals surface area (Å²) in [6.45, 7) is 9.81. The predicted octanol–water partition coefficient (Wildman–Crippen LogP) is 0.344. The highest BCUT2D eigenvalue weighted by atomic mass is 16.4. The Hall–Kier alpha value is -4.49. The number of carboxylic acids is 2. The van der Waals surface area contributed by atoms with E-state index in [9.17, 15) is 43.8 Å². The lowest BCUT2D eigenvalue weighted by molar-refractivity contribution is -0.143. The molecule has 1 aromatic rings. The zero-order valence-electron chi connectivity index (χ0n) is 26.0. The molecule has 1 rings (SSSR count). The molecule has 44 heavy (non-hydrogen) atoms. The molecule has 0 aliphatic rings. The molecule has 0 fully saturated rings. The largest absolute Gasteiger partial charge is 0.481 e. The van der Waals surface area contributed by atoms with E-state index in [1.165, 1.54) is 13.8 Å². The van der Waals surface area contributed by atoms with Crippen LogP contribution >= 0.6 is 0 Å². The summed E-state index contributed by atoms with van der Waals surface area (Å²) in [5.74, 6) is -6.61. The first-order valence-corrected chi connectivity index (χ1v) is 14.5. The molecule has 14 heteroatoms. The van der Waals surface area contributed by atoms with Gasteiger partial charge in [0.05, 0.1) is 6.42 Å². The Bertz CT molecular complexity index is 1170. The highest BCUT2D eigenvalue weighted by Crippen LogP contribution is 2.10. The molecule has 0 spiro atoms. The van der Waals surface area contributed by atoms with E-state index in [0.717, 1.165) is 0 Å². The van der Waals surface area contributed by atoms with Gasteiger partial charge < -0.3 is 36.8 Å². The van der Waals surface area contributed by atoms with Gasteiger partial charge in [0.2, 0.25) is 29.5 Å². The molecule has 7 N–H and O–H groups in total. The second-order valence-corrected chi connectivity index (χ2v) is 11.6. The third-order valence-electron chi connectivity index (χ3n) is 6.40. The zero-order valence-corrected chi connectivity index (χ0v) is 26.0. The van der Waals surface area contributed by atoms with Gasteiger partial charge >= 0.3 is 11.9 Å². The highest BCUT2D eigenvalue weighted by molar-refractivity contribution is 5.97. The van der Waals surface area contributed by atoms with Crippen LogP contribution in [0.1, 0.15) is 66.4 Å². The summed E-state index contributed by atoms with van der Waals surface area (Å²) in [7, 11) is 0. The van der Waals surface area contributed by atoms with E-state index in [0.29, 0.717) is 5.56 Å². The summed E-state index contributed by atoms with van der Waals surface area (Å²) < 4.78 is 0. The van der Waals surface area contributed by atoms with Crippen molar-refractivity contribution in [2.24, 2.45) is 11.8 Å². The minimum absolute atomic E-state index is 0.00846. The second-order valence-electron chi connectivity index (χ2n) is 11.6. The number of carbonyl (C=O) groups excluding carboxylic acids is 5. The van der Waals surface area contributed by atoms with Crippen LogP contribution in [0.2, 0.25) is 0 Å². The molecule has 0 aliphatic heterocycles. The maximum absolute atomic E-state index is 13.3. The fourth-order valence-electron chi connectivity index (χ4n) is 4.32. The van der Waals surface area contributed by atoms with Crippen LogP contribution in [0.4, 0.5) is 0 Å². The van der Waals surface area contributed by atoms with Gasteiger partial charge in [-0.15, -0.1) is 0 Å². The monoisotopic (exact) mass is 619 g/mol. The smallest absolute Gasteiger partial charge is 0.326 e. The van der Waals surface area contributed by atoms with Gasteiger partial charge in [-0.3, -0.25) is 28.8 Å². The first kappa shape index (κ1) is 37.5. The van der Waals surface area contributed by atoms with E-state index in [1.807, 2.05) is 0 Å². The van der Waals surface area contributed by atoms with Crippen LogP contribution in [0.25, 0.3) is 0 Å². The summed E-state index contributed by atoms with van der Waals surface area (Å²) in [5.41, 5.74) is 0.670. The Morgan fingerprint density at radius 3 is 1.48 bits per heavy atom. The van der Waals surface area contributed by atoms with Crippen molar-refractivity contribution in [3.05, 3.63) is 35.9 Å². The Morgan fingerprint density at radius 1 is 0.614 bits per heavy atom. The SMILES string of the molecule is CC(=O)N[C@@H](C)C(=O)N[C@@H](CC(C)C)C(=O)N[C@@H](CC(=O)O)C(=O)N[C@@H](CC(C)C)C(=O)N[C@@H](Cc1ccccc1)C(=O)O. The van der Waals surface area contributed by atoms with Crippen LogP contribution in [0, 0.1) is 11.8 Å². The number of aliphatic carboxylic acids is 2. The van der Waals surface area contributed by atoms with Crippen LogP contribution in [-0.2, 0) is 40.0 Å². The van der Waals surface area contributed by atoms with Crippen LogP contribution in [0.5, 0.6) is 0 Å². The van der Waals surface area contributed by atoms with Crippen molar-refractivity contribution in [1.82, 2.24) is 26.6 Å². The van der Waals surface area contributed by atoms with Gasteiger partial charge in [-0.1, -0.05) is 58.0 Å².